The third kappa shape index (κ3) is 4.39. The number of thiophene rings is 1. The highest BCUT2D eigenvalue weighted by molar-refractivity contribution is 7.91. The van der Waals surface area contributed by atoms with Crippen molar-refractivity contribution in [3.8, 4) is 0 Å². The van der Waals surface area contributed by atoms with Gasteiger partial charge in [-0.1, -0.05) is 25.1 Å². The first-order chi connectivity index (χ1) is 13.9. The van der Waals surface area contributed by atoms with Crippen molar-refractivity contribution in [3.63, 3.8) is 0 Å². The predicted molar refractivity (Wildman–Crippen MR) is 108 cm³/mol. The number of carbonyl (C=O) groups excluding carboxylic acids is 1. The third-order valence-electron chi connectivity index (χ3n) is 5.47. The Kier molecular flexibility index (Phi) is 5.76. The minimum atomic E-state index is -3.55. The quantitative estimate of drug-likeness (QED) is 0.713. The molecule has 1 N–H and O–H groups in total. The summed E-state index contributed by atoms with van der Waals surface area (Å²) in [5.41, 5.74) is 0. The lowest BCUT2D eigenvalue weighted by molar-refractivity contribution is -0.127. The molecule has 2 unspecified atom stereocenters. The number of nitrogens with one attached hydrogen (secondary N) is 1. The van der Waals surface area contributed by atoms with E-state index >= 15 is 0 Å². The number of sulfonamides is 1. The standard InChI is InChI=1S/C19H26N4O4S2/c1-12(2)16(19-21-17(22-27-19)13-7-8-13)20-18(24)14-5-3-9-23(11-14)29(25,26)15-6-4-10-28-15/h4,6,10,12-14,16H,3,5,7-9,11H2,1-2H3,(H,20,24). The smallest absolute Gasteiger partial charge is 0.252 e. The van der Waals surface area contributed by atoms with Crippen LogP contribution in [0.5, 0.6) is 0 Å². The van der Waals surface area contributed by atoms with Gasteiger partial charge in [0.1, 0.15) is 10.3 Å². The molecule has 1 aliphatic heterocycles. The Morgan fingerprint density at radius 3 is 2.79 bits per heavy atom. The summed E-state index contributed by atoms with van der Waals surface area (Å²) in [6, 6.07) is 2.94. The Balaban J connectivity index is 1.44. The zero-order chi connectivity index (χ0) is 20.6. The van der Waals surface area contributed by atoms with Crippen molar-refractivity contribution in [3.05, 3.63) is 29.2 Å². The van der Waals surface area contributed by atoms with E-state index in [2.05, 4.69) is 15.5 Å². The molecule has 0 radical (unpaired) electrons. The molecule has 158 valence electrons. The Morgan fingerprint density at radius 2 is 2.14 bits per heavy atom. The summed E-state index contributed by atoms with van der Waals surface area (Å²) in [4.78, 5) is 17.5. The van der Waals surface area contributed by atoms with Crippen LogP contribution in [0.3, 0.4) is 0 Å². The molecule has 2 fully saturated rings. The van der Waals surface area contributed by atoms with Gasteiger partial charge >= 0.3 is 0 Å². The molecule has 10 heteroatoms. The van der Waals surface area contributed by atoms with Crippen molar-refractivity contribution >= 4 is 27.3 Å². The van der Waals surface area contributed by atoms with Gasteiger partial charge in [0.2, 0.25) is 11.8 Å². The number of carbonyl (C=O) groups is 1. The lowest BCUT2D eigenvalue weighted by Crippen LogP contribution is -2.46. The highest BCUT2D eigenvalue weighted by Gasteiger charge is 2.36. The summed E-state index contributed by atoms with van der Waals surface area (Å²) in [5, 5.41) is 8.82. The molecule has 2 aliphatic rings. The van der Waals surface area contributed by atoms with Crippen LogP contribution >= 0.6 is 11.3 Å². The second-order valence-electron chi connectivity index (χ2n) is 8.13. The molecule has 0 bridgehead atoms. The zero-order valence-electron chi connectivity index (χ0n) is 16.6. The predicted octanol–water partition coefficient (Wildman–Crippen LogP) is 2.92. The monoisotopic (exact) mass is 438 g/mol. The molecule has 8 nitrogen and oxygen atoms in total. The Morgan fingerprint density at radius 1 is 1.34 bits per heavy atom. The Bertz CT molecular complexity index is 951. The molecule has 29 heavy (non-hydrogen) atoms. The van der Waals surface area contributed by atoms with Crippen molar-refractivity contribution in [2.24, 2.45) is 11.8 Å². The molecule has 1 amide bonds. The largest absolute Gasteiger partial charge is 0.344 e. The van der Waals surface area contributed by atoms with Crippen LogP contribution < -0.4 is 5.32 Å². The van der Waals surface area contributed by atoms with E-state index in [4.69, 9.17) is 4.52 Å². The minimum Gasteiger partial charge on any atom is -0.344 e. The van der Waals surface area contributed by atoms with Gasteiger partial charge in [0.05, 0.1) is 5.92 Å². The van der Waals surface area contributed by atoms with Crippen LogP contribution in [-0.4, -0.2) is 41.9 Å². The number of aromatic nitrogens is 2. The van der Waals surface area contributed by atoms with Crippen LogP contribution in [0.4, 0.5) is 0 Å². The van der Waals surface area contributed by atoms with Gasteiger partial charge in [0.25, 0.3) is 10.0 Å². The summed E-state index contributed by atoms with van der Waals surface area (Å²) in [5.74, 6) is 1.03. The second kappa shape index (κ2) is 8.16. The lowest BCUT2D eigenvalue weighted by atomic mass is 9.97. The summed E-state index contributed by atoms with van der Waals surface area (Å²) < 4.78 is 32.8. The highest BCUT2D eigenvalue weighted by Crippen LogP contribution is 2.38. The summed E-state index contributed by atoms with van der Waals surface area (Å²) in [7, 11) is -3.55. The molecular weight excluding hydrogens is 412 g/mol. The molecule has 1 saturated heterocycles. The number of amides is 1. The minimum absolute atomic E-state index is 0.0704. The number of piperidine rings is 1. The summed E-state index contributed by atoms with van der Waals surface area (Å²) in [6.07, 6.45) is 3.47. The van der Waals surface area contributed by atoms with Crippen molar-refractivity contribution < 1.29 is 17.7 Å². The summed E-state index contributed by atoms with van der Waals surface area (Å²) in [6.45, 7) is 4.60. The Labute approximate surface area is 174 Å². The van der Waals surface area contributed by atoms with Crippen molar-refractivity contribution in [2.75, 3.05) is 13.1 Å². The SMILES string of the molecule is CC(C)C(NC(=O)C1CCCN(S(=O)(=O)c2cccs2)C1)c1nc(C2CC2)no1. The van der Waals surface area contributed by atoms with Crippen molar-refractivity contribution in [2.45, 2.75) is 55.7 Å². The summed E-state index contributed by atoms with van der Waals surface area (Å²) >= 11 is 1.20. The maximum absolute atomic E-state index is 13.0. The van der Waals surface area contributed by atoms with E-state index in [0.717, 1.165) is 12.8 Å². The number of nitrogens with zero attached hydrogens (tertiary/aromatic N) is 3. The molecular formula is C19H26N4O4S2. The molecule has 4 rings (SSSR count). The van der Waals surface area contributed by atoms with Gasteiger partial charge in [-0.3, -0.25) is 4.79 Å². The van der Waals surface area contributed by atoms with Gasteiger partial charge in [-0.05, 0) is 43.0 Å². The number of hydrogen-bond acceptors (Lipinski definition) is 7. The van der Waals surface area contributed by atoms with Crippen LogP contribution in [0.2, 0.25) is 0 Å². The molecule has 2 aromatic heterocycles. The maximum atomic E-state index is 13.0. The highest BCUT2D eigenvalue weighted by atomic mass is 32.2. The van der Waals surface area contributed by atoms with E-state index in [9.17, 15) is 13.2 Å². The molecule has 1 saturated carbocycles. The van der Waals surface area contributed by atoms with Crippen LogP contribution in [-0.2, 0) is 14.8 Å². The fraction of sp³-hybridized carbons (Fsp3) is 0.632. The fourth-order valence-electron chi connectivity index (χ4n) is 3.58. The Hall–Kier alpha value is -1.78. The average molecular weight is 439 g/mol. The van der Waals surface area contributed by atoms with Crippen molar-refractivity contribution in [1.82, 2.24) is 19.8 Å². The first kappa shape index (κ1) is 20.5. The molecule has 0 spiro atoms. The second-order valence-corrected chi connectivity index (χ2v) is 11.2. The average Bonchev–Trinajstić information content (AvgIpc) is 3.20. The van der Waals surface area contributed by atoms with Crippen LogP contribution in [0.1, 0.15) is 63.2 Å². The van der Waals surface area contributed by atoms with E-state index in [1.54, 1.807) is 17.5 Å². The van der Waals surface area contributed by atoms with Crippen molar-refractivity contribution in [1.29, 1.82) is 0 Å². The fourth-order valence-corrected chi connectivity index (χ4v) is 6.25. The molecule has 3 heterocycles. The maximum Gasteiger partial charge on any atom is 0.252 e. The zero-order valence-corrected chi connectivity index (χ0v) is 18.2. The molecule has 2 aromatic rings. The van der Waals surface area contributed by atoms with Gasteiger partial charge in [-0.15, -0.1) is 11.3 Å². The van der Waals surface area contributed by atoms with E-state index in [0.29, 0.717) is 41.2 Å². The van der Waals surface area contributed by atoms with Crippen LogP contribution in [0.25, 0.3) is 0 Å². The van der Waals surface area contributed by atoms with E-state index < -0.39 is 15.9 Å². The van der Waals surface area contributed by atoms with Gasteiger partial charge in [-0.25, -0.2) is 8.42 Å². The van der Waals surface area contributed by atoms with Crippen LogP contribution in [0, 0.1) is 11.8 Å². The van der Waals surface area contributed by atoms with Gasteiger partial charge in [0, 0.05) is 19.0 Å². The van der Waals surface area contributed by atoms with E-state index in [1.807, 2.05) is 13.8 Å². The number of hydrogen-bond donors (Lipinski definition) is 1. The van der Waals surface area contributed by atoms with Gasteiger partial charge < -0.3 is 9.84 Å². The van der Waals surface area contributed by atoms with E-state index in [-0.39, 0.29) is 24.4 Å². The first-order valence-electron chi connectivity index (χ1n) is 10.0. The van der Waals surface area contributed by atoms with Gasteiger partial charge in [-0.2, -0.15) is 9.29 Å². The van der Waals surface area contributed by atoms with Gasteiger partial charge in [0.15, 0.2) is 5.82 Å². The topological polar surface area (TPSA) is 105 Å². The number of rotatable bonds is 7. The molecule has 2 atom stereocenters. The first-order valence-corrected chi connectivity index (χ1v) is 12.4. The van der Waals surface area contributed by atoms with Crippen LogP contribution in [0.15, 0.2) is 26.2 Å². The normalized spacial score (nSPS) is 22.0. The molecule has 0 aromatic carbocycles. The molecule has 1 aliphatic carbocycles. The van der Waals surface area contributed by atoms with E-state index in [1.165, 1.54) is 15.6 Å². The third-order valence-corrected chi connectivity index (χ3v) is 8.71. The lowest BCUT2D eigenvalue weighted by Gasteiger charge is -2.31.